The predicted molar refractivity (Wildman–Crippen MR) is 117 cm³/mol. The number of halogens is 1. The molecule has 4 heteroatoms. The fourth-order valence-electron chi connectivity index (χ4n) is 3.58. The summed E-state index contributed by atoms with van der Waals surface area (Å²) in [5, 5.41) is 1.22. The summed E-state index contributed by atoms with van der Waals surface area (Å²) < 4.78 is 25.4. The first-order chi connectivity index (χ1) is 14.4. The Balaban J connectivity index is 1.83. The van der Waals surface area contributed by atoms with Gasteiger partial charge in [0, 0.05) is 16.9 Å². The lowest BCUT2D eigenvalue weighted by atomic mass is 9.93. The molecule has 0 bridgehead atoms. The Kier molecular flexibility index (Phi) is 5.40. The van der Waals surface area contributed by atoms with Gasteiger partial charge in [0.05, 0.1) is 5.39 Å². The smallest absolute Gasteiger partial charge is 0.344 e. The molecule has 0 spiro atoms. The second kappa shape index (κ2) is 8.15. The van der Waals surface area contributed by atoms with Crippen LogP contribution in [-0.4, -0.2) is 0 Å². The van der Waals surface area contributed by atoms with Gasteiger partial charge in [0.15, 0.2) is 0 Å². The Morgan fingerprint density at radius 2 is 1.73 bits per heavy atom. The summed E-state index contributed by atoms with van der Waals surface area (Å²) in [6, 6.07) is 20.3. The van der Waals surface area contributed by atoms with Gasteiger partial charge in [0.25, 0.3) is 0 Å². The van der Waals surface area contributed by atoms with Crippen molar-refractivity contribution in [2.75, 3.05) is 0 Å². The molecule has 0 saturated heterocycles. The summed E-state index contributed by atoms with van der Waals surface area (Å²) in [5.41, 5.74) is 2.83. The first-order valence-corrected chi connectivity index (χ1v) is 9.98. The van der Waals surface area contributed by atoms with Gasteiger partial charge in [0.2, 0.25) is 0 Å². The summed E-state index contributed by atoms with van der Waals surface area (Å²) in [6.45, 7) is 6.08. The Labute approximate surface area is 174 Å². The van der Waals surface area contributed by atoms with Gasteiger partial charge in [-0.15, -0.1) is 0 Å². The van der Waals surface area contributed by atoms with E-state index in [1.165, 1.54) is 6.07 Å². The molecule has 0 aliphatic heterocycles. The van der Waals surface area contributed by atoms with Crippen LogP contribution in [0.25, 0.3) is 21.9 Å². The zero-order valence-corrected chi connectivity index (χ0v) is 17.2. The Bertz CT molecular complexity index is 1260. The number of ether oxygens (including phenoxy) is 1. The molecule has 4 aromatic rings. The molecule has 0 saturated carbocycles. The van der Waals surface area contributed by atoms with Gasteiger partial charge in [-0.3, -0.25) is 0 Å². The van der Waals surface area contributed by atoms with Crippen LogP contribution in [0, 0.1) is 12.7 Å². The molecule has 3 aromatic carbocycles. The maximum atomic E-state index is 13.8. The SMILES string of the molecule is Cc1cc(-c2c(C(C)C)oc(=O)c3cc(OCc4ccccc4)ccc23)ccc1F. The molecule has 0 atom stereocenters. The third-order valence-electron chi connectivity index (χ3n) is 5.15. The van der Waals surface area contributed by atoms with E-state index in [9.17, 15) is 9.18 Å². The maximum absolute atomic E-state index is 13.8. The highest BCUT2D eigenvalue weighted by molar-refractivity contribution is 5.97. The summed E-state index contributed by atoms with van der Waals surface area (Å²) in [4.78, 5) is 12.8. The summed E-state index contributed by atoms with van der Waals surface area (Å²) in [7, 11) is 0. The van der Waals surface area contributed by atoms with Crippen LogP contribution in [0.4, 0.5) is 4.39 Å². The average molecular weight is 402 g/mol. The fourth-order valence-corrected chi connectivity index (χ4v) is 3.58. The molecule has 0 amide bonds. The molecule has 1 aromatic heterocycles. The van der Waals surface area contributed by atoms with Crippen LogP contribution in [0.15, 0.2) is 75.9 Å². The molecule has 0 radical (unpaired) electrons. The number of hydrogen-bond donors (Lipinski definition) is 0. The van der Waals surface area contributed by atoms with E-state index >= 15 is 0 Å². The third kappa shape index (κ3) is 3.86. The summed E-state index contributed by atoms with van der Waals surface area (Å²) in [5.74, 6) is 0.924. The Morgan fingerprint density at radius 1 is 0.967 bits per heavy atom. The van der Waals surface area contributed by atoms with Crippen LogP contribution in [0.5, 0.6) is 5.75 Å². The molecule has 30 heavy (non-hydrogen) atoms. The van der Waals surface area contributed by atoms with Crippen molar-refractivity contribution >= 4 is 10.8 Å². The number of fused-ring (bicyclic) bond motifs is 1. The number of aryl methyl sites for hydroxylation is 1. The zero-order chi connectivity index (χ0) is 21.3. The van der Waals surface area contributed by atoms with E-state index in [1.54, 1.807) is 25.1 Å². The molecular weight excluding hydrogens is 379 g/mol. The minimum Gasteiger partial charge on any atom is -0.489 e. The normalized spacial score (nSPS) is 11.2. The lowest BCUT2D eigenvalue weighted by Gasteiger charge is -2.15. The predicted octanol–water partition coefficient (Wildman–Crippen LogP) is 6.61. The van der Waals surface area contributed by atoms with E-state index in [0.717, 1.165) is 22.1 Å². The topological polar surface area (TPSA) is 39.4 Å². The van der Waals surface area contributed by atoms with Crippen LogP contribution >= 0.6 is 0 Å². The van der Waals surface area contributed by atoms with Gasteiger partial charge in [-0.05, 0) is 53.9 Å². The molecular formula is C26H23FO3. The quantitative estimate of drug-likeness (QED) is 0.377. The number of benzene rings is 3. The van der Waals surface area contributed by atoms with Crippen LogP contribution < -0.4 is 10.4 Å². The first-order valence-electron chi connectivity index (χ1n) is 9.98. The first kappa shape index (κ1) is 19.9. The van der Waals surface area contributed by atoms with Crippen molar-refractivity contribution in [1.82, 2.24) is 0 Å². The van der Waals surface area contributed by atoms with Gasteiger partial charge in [-0.2, -0.15) is 0 Å². The zero-order valence-electron chi connectivity index (χ0n) is 17.2. The third-order valence-corrected chi connectivity index (χ3v) is 5.15. The lowest BCUT2D eigenvalue weighted by molar-refractivity contribution is 0.306. The average Bonchev–Trinajstić information content (AvgIpc) is 2.75. The van der Waals surface area contributed by atoms with Crippen molar-refractivity contribution < 1.29 is 13.5 Å². The largest absolute Gasteiger partial charge is 0.489 e. The van der Waals surface area contributed by atoms with Crippen molar-refractivity contribution in [3.05, 3.63) is 99.9 Å². The van der Waals surface area contributed by atoms with E-state index in [4.69, 9.17) is 9.15 Å². The highest BCUT2D eigenvalue weighted by Gasteiger charge is 2.19. The molecule has 152 valence electrons. The molecule has 3 nitrogen and oxygen atoms in total. The highest BCUT2D eigenvalue weighted by atomic mass is 19.1. The van der Waals surface area contributed by atoms with Crippen molar-refractivity contribution in [2.45, 2.75) is 33.3 Å². The molecule has 0 unspecified atom stereocenters. The van der Waals surface area contributed by atoms with Gasteiger partial charge >= 0.3 is 5.63 Å². The van der Waals surface area contributed by atoms with E-state index in [2.05, 4.69) is 0 Å². The van der Waals surface area contributed by atoms with E-state index in [-0.39, 0.29) is 11.7 Å². The van der Waals surface area contributed by atoms with Crippen molar-refractivity contribution in [3.63, 3.8) is 0 Å². The lowest BCUT2D eigenvalue weighted by Crippen LogP contribution is -2.07. The minimum atomic E-state index is -0.401. The Morgan fingerprint density at radius 3 is 2.43 bits per heavy atom. The summed E-state index contributed by atoms with van der Waals surface area (Å²) in [6.07, 6.45) is 0. The molecule has 0 N–H and O–H groups in total. The molecule has 0 fully saturated rings. The van der Waals surface area contributed by atoms with Crippen LogP contribution in [0.2, 0.25) is 0 Å². The Hall–Kier alpha value is -3.40. The van der Waals surface area contributed by atoms with E-state index in [1.807, 2.05) is 56.3 Å². The van der Waals surface area contributed by atoms with Gasteiger partial charge in [-0.1, -0.05) is 50.2 Å². The van der Waals surface area contributed by atoms with Gasteiger partial charge in [0.1, 0.15) is 23.9 Å². The molecule has 0 aliphatic carbocycles. The van der Waals surface area contributed by atoms with Crippen LogP contribution in [0.1, 0.15) is 36.7 Å². The van der Waals surface area contributed by atoms with E-state index < -0.39 is 5.63 Å². The van der Waals surface area contributed by atoms with Crippen LogP contribution in [0.3, 0.4) is 0 Å². The monoisotopic (exact) mass is 402 g/mol. The number of rotatable bonds is 5. The standard InChI is InChI=1S/C26H23FO3/c1-16(2)25-24(19-9-12-23(27)17(3)13-19)21-11-10-20(14-22(21)26(28)30-25)29-15-18-7-5-4-6-8-18/h4-14,16H,15H2,1-3H3. The number of hydrogen-bond acceptors (Lipinski definition) is 3. The van der Waals surface area contributed by atoms with Gasteiger partial charge in [-0.25, -0.2) is 9.18 Å². The van der Waals surface area contributed by atoms with Gasteiger partial charge < -0.3 is 9.15 Å². The second-order valence-corrected chi connectivity index (χ2v) is 7.73. The molecule has 0 aliphatic rings. The highest BCUT2D eigenvalue weighted by Crippen LogP contribution is 2.36. The minimum absolute atomic E-state index is 0.00327. The van der Waals surface area contributed by atoms with Crippen molar-refractivity contribution in [2.24, 2.45) is 0 Å². The van der Waals surface area contributed by atoms with Crippen molar-refractivity contribution in [1.29, 1.82) is 0 Å². The van der Waals surface area contributed by atoms with Crippen LogP contribution in [-0.2, 0) is 6.61 Å². The molecule has 1 heterocycles. The van der Waals surface area contributed by atoms with E-state index in [0.29, 0.717) is 29.1 Å². The second-order valence-electron chi connectivity index (χ2n) is 7.73. The summed E-state index contributed by atoms with van der Waals surface area (Å²) >= 11 is 0. The fraction of sp³-hybridized carbons (Fsp3) is 0.192. The maximum Gasteiger partial charge on any atom is 0.344 e. The molecule has 4 rings (SSSR count). The van der Waals surface area contributed by atoms with Crippen molar-refractivity contribution in [3.8, 4) is 16.9 Å².